The largest absolute Gasteiger partial charge is 0.393 e. The lowest BCUT2D eigenvalue weighted by Crippen LogP contribution is -2.45. The van der Waals surface area contributed by atoms with Crippen molar-refractivity contribution in [1.82, 2.24) is 4.90 Å². The second-order valence-corrected chi connectivity index (χ2v) is 5.97. The number of rotatable bonds is 3. The van der Waals surface area contributed by atoms with E-state index in [1.165, 1.54) is 10.5 Å². The molecule has 0 unspecified atom stereocenters. The fourth-order valence-corrected chi connectivity index (χ4v) is 2.77. The van der Waals surface area contributed by atoms with Crippen LogP contribution in [0.4, 0.5) is 5.69 Å². The third-order valence-electron chi connectivity index (χ3n) is 3.47. The molecule has 2 N–H and O–H groups in total. The van der Waals surface area contributed by atoms with Gasteiger partial charge in [0.25, 0.3) is 0 Å². The van der Waals surface area contributed by atoms with Gasteiger partial charge in [-0.15, -0.1) is 0 Å². The number of nitrogens with one attached hydrogen (secondary N) is 1. The monoisotopic (exact) mass is 308 g/mol. The Balaban J connectivity index is 1.89. The minimum atomic E-state index is -0.621. The Morgan fingerprint density at radius 1 is 1.29 bits per heavy atom. The standard InChI is InChI=1S/C15H20N2O3S/c1-21-10-11-2-4-12(5-3-11)16-14(19)15(20)17-8-6-13(18)7-9-17/h2-5,13,18H,6-10H2,1H3,(H,16,19). The lowest BCUT2D eigenvalue weighted by atomic mass is 10.1. The van der Waals surface area contributed by atoms with Crippen molar-refractivity contribution in [3.05, 3.63) is 29.8 Å². The summed E-state index contributed by atoms with van der Waals surface area (Å²) in [5.41, 5.74) is 1.80. The molecule has 1 aliphatic heterocycles. The summed E-state index contributed by atoms with van der Waals surface area (Å²) < 4.78 is 0. The minimum absolute atomic E-state index is 0.360. The number of piperidine rings is 1. The van der Waals surface area contributed by atoms with Crippen molar-refractivity contribution in [3.63, 3.8) is 0 Å². The van der Waals surface area contributed by atoms with E-state index >= 15 is 0 Å². The first-order chi connectivity index (χ1) is 10.1. The maximum absolute atomic E-state index is 12.0. The van der Waals surface area contributed by atoms with Gasteiger partial charge in [-0.25, -0.2) is 0 Å². The molecule has 1 aromatic carbocycles. The zero-order valence-corrected chi connectivity index (χ0v) is 12.9. The van der Waals surface area contributed by atoms with Gasteiger partial charge in [-0.2, -0.15) is 11.8 Å². The second-order valence-electron chi connectivity index (χ2n) is 5.11. The van der Waals surface area contributed by atoms with Crippen molar-refractivity contribution in [3.8, 4) is 0 Å². The molecule has 5 nitrogen and oxygen atoms in total. The van der Waals surface area contributed by atoms with Crippen molar-refractivity contribution in [2.24, 2.45) is 0 Å². The number of hydrogen-bond acceptors (Lipinski definition) is 4. The van der Waals surface area contributed by atoms with Crippen LogP contribution in [0.1, 0.15) is 18.4 Å². The van der Waals surface area contributed by atoms with E-state index in [9.17, 15) is 14.7 Å². The highest BCUT2D eigenvalue weighted by atomic mass is 32.2. The predicted octanol–water partition coefficient (Wildman–Crippen LogP) is 1.47. The number of nitrogens with zero attached hydrogens (tertiary/aromatic N) is 1. The molecule has 0 saturated carbocycles. The Hall–Kier alpha value is -1.53. The summed E-state index contributed by atoms with van der Waals surface area (Å²) in [7, 11) is 0. The van der Waals surface area contributed by atoms with Crippen LogP contribution in [-0.2, 0) is 15.3 Å². The summed E-state index contributed by atoms with van der Waals surface area (Å²) in [6.07, 6.45) is 2.73. The van der Waals surface area contributed by atoms with Crippen molar-refractivity contribution in [1.29, 1.82) is 0 Å². The van der Waals surface area contributed by atoms with Crippen LogP contribution in [0.5, 0.6) is 0 Å². The molecule has 2 rings (SSSR count). The summed E-state index contributed by atoms with van der Waals surface area (Å²) in [6.45, 7) is 0.861. The number of carbonyl (C=O) groups is 2. The van der Waals surface area contributed by atoms with Gasteiger partial charge in [-0.3, -0.25) is 9.59 Å². The van der Waals surface area contributed by atoms with Crippen molar-refractivity contribution in [2.45, 2.75) is 24.7 Å². The SMILES string of the molecule is CSCc1ccc(NC(=O)C(=O)N2CCC(O)CC2)cc1. The van der Waals surface area contributed by atoms with Crippen LogP contribution in [0.3, 0.4) is 0 Å². The van der Waals surface area contributed by atoms with Crippen LogP contribution in [0.2, 0.25) is 0 Å². The zero-order chi connectivity index (χ0) is 15.2. The molecule has 1 heterocycles. The highest BCUT2D eigenvalue weighted by Crippen LogP contribution is 2.14. The van der Waals surface area contributed by atoms with Gasteiger partial charge >= 0.3 is 11.8 Å². The lowest BCUT2D eigenvalue weighted by Gasteiger charge is -2.28. The third-order valence-corrected chi connectivity index (χ3v) is 4.09. The zero-order valence-electron chi connectivity index (χ0n) is 12.0. The summed E-state index contributed by atoms with van der Waals surface area (Å²) in [5, 5.41) is 12.0. The Morgan fingerprint density at radius 2 is 1.90 bits per heavy atom. The van der Waals surface area contributed by atoms with Crippen molar-refractivity contribution < 1.29 is 14.7 Å². The fourth-order valence-electron chi connectivity index (χ4n) is 2.25. The van der Waals surface area contributed by atoms with Crippen molar-refractivity contribution >= 4 is 29.3 Å². The Bertz CT molecular complexity index is 496. The van der Waals surface area contributed by atoms with E-state index in [1.807, 2.05) is 18.4 Å². The average Bonchev–Trinajstić information content (AvgIpc) is 2.49. The smallest absolute Gasteiger partial charge is 0.313 e. The molecule has 6 heteroatoms. The predicted molar refractivity (Wildman–Crippen MR) is 84.1 cm³/mol. The highest BCUT2D eigenvalue weighted by molar-refractivity contribution is 7.97. The number of aliphatic hydroxyl groups excluding tert-OH is 1. The molecule has 0 aromatic heterocycles. The van der Waals surface area contributed by atoms with E-state index in [0.29, 0.717) is 31.6 Å². The first-order valence-corrected chi connectivity index (χ1v) is 8.35. The van der Waals surface area contributed by atoms with Crippen molar-refractivity contribution in [2.75, 3.05) is 24.7 Å². The van der Waals surface area contributed by atoms with Gasteiger partial charge in [-0.1, -0.05) is 12.1 Å². The third kappa shape index (κ3) is 4.47. The molecular weight excluding hydrogens is 288 g/mol. The lowest BCUT2D eigenvalue weighted by molar-refractivity contribution is -0.144. The molecule has 0 atom stereocenters. The average molecular weight is 308 g/mol. The van der Waals surface area contributed by atoms with E-state index in [0.717, 1.165) is 5.75 Å². The van der Waals surface area contributed by atoms with E-state index in [2.05, 4.69) is 5.32 Å². The molecule has 21 heavy (non-hydrogen) atoms. The van der Waals surface area contributed by atoms with Gasteiger partial charge < -0.3 is 15.3 Å². The number of anilines is 1. The number of benzene rings is 1. The first kappa shape index (κ1) is 15.9. The maximum Gasteiger partial charge on any atom is 0.313 e. The molecule has 114 valence electrons. The van der Waals surface area contributed by atoms with E-state index in [1.54, 1.807) is 23.9 Å². The summed E-state index contributed by atoms with van der Waals surface area (Å²) >= 11 is 1.73. The van der Waals surface area contributed by atoms with Gasteiger partial charge in [-0.05, 0) is 36.8 Å². The second kappa shape index (κ2) is 7.47. The van der Waals surface area contributed by atoms with E-state index < -0.39 is 11.8 Å². The fraction of sp³-hybridized carbons (Fsp3) is 0.467. The number of amides is 2. The van der Waals surface area contributed by atoms with Crippen LogP contribution in [-0.4, -0.2) is 47.3 Å². The molecule has 1 aromatic rings. The number of hydrogen-bond donors (Lipinski definition) is 2. The Labute approximate surface area is 128 Å². The van der Waals surface area contributed by atoms with Gasteiger partial charge in [0.2, 0.25) is 0 Å². The molecule has 1 saturated heterocycles. The first-order valence-electron chi connectivity index (χ1n) is 6.96. The molecule has 0 radical (unpaired) electrons. The van der Waals surface area contributed by atoms with Gasteiger partial charge in [0.15, 0.2) is 0 Å². The maximum atomic E-state index is 12.0. The van der Waals surface area contributed by atoms with Crippen LogP contribution >= 0.6 is 11.8 Å². The van der Waals surface area contributed by atoms with E-state index in [-0.39, 0.29) is 6.10 Å². The minimum Gasteiger partial charge on any atom is -0.393 e. The van der Waals surface area contributed by atoms with Crippen LogP contribution in [0.25, 0.3) is 0 Å². The molecular formula is C15H20N2O3S. The van der Waals surface area contributed by atoms with Crippen LogP contribution in [0, 0.1) is 0 Å². The van der Waals surface area contributed by atoms with Crippen LogP contribution in [0.15, 0.2) is 24.3 Å². The Morgan fingerprint density at radius 3 is 2.48 bits per heavy atom. The number of thioether (sulfide) groups is 1. The molecule has 1 aliphatic rings. The van der Waals surface area contributed by atoms with Gasteiger partial charge in [0.05, 0.1) is 6.10 Å². The van der Waals surface area contributed by atoms with Crippen LogP contribution < -0.4 is 5.32 Å². The topological polar surface area (TPSA) is 69.6 Å². The van der Waals surface area contributed by atoms with Gasteiger partial charge in [0.1, 0.15) is 0 Å². The summed E-state index contributed by atoms with van der Waals surface area (Å²) in [4.78, 5) is 25.4. The highest BCUT2D eigenvalue weighted by Gasteiger charge is 2.26. The summed E-state index contributed by atoms with van der Waals surface area (Å²) in [5.74, 6) is -0.234. The molecule has 1 fully saturated rings. The molecule has 2 amide bonds. The Kier molecular flexibility index (Phi) is 5.64. The number of carbonyl (C=O) groups excluding carboxylic acids is 2. The molecule has 0 spiro atoms. The molecule has 0 bridgehead atoms. The van der Waals surface area contributed by atoms with E-state index in [4.69, 9.17) is 0 Å². The quantitative estimate of drug-likeness (QED) is 0.830. The number of aliphatic hydroxyl groups is 1. The normalized spacial score (nSPS) is 15.8. The molecule has 0 aliphatic carbocycles. The summed E-state index contributed by atoms with van der Waals surface area (Å²) in [6, 6.07) is 7.48. The number of likely N-dealkylation sites (tertiary alicyclic amines) is 1. The van der Waals surface area contributed by atoms with Gasteiger partial charge in [0, 0.05) is 24.5 Å².